The molecule has 0 saturated heterocycles. The number of hydrogen-bond donors (Lipinski definition) is 1. The third-order valence-electron chi connectivity index (χ3n) is 5.12. The van der Waals surface area contributed by atoms with Crippen molar-refractivity contribution in [2.24, 2.45) is 0 Å². The Hall–Kier alpha value is -3.47. The van der Waals surface area contributed by atoms with Crippen molar-refractivity contribution in [1.29, 1.82) is 0 Å². The van der Waals surface area contributed by atoms with Gasteiger partial charge in [0, 0.05) is 19.5 Å². The average Bonchev–Trinajstić information content (AvgIpc) is 2.81. The zero-order chi connectivity index (χ0) is 22.1. The lowest BCUT2D eigenvalue weighted by molar-refractivity contribution is -0.141. The Bertz CT molecular complexity index is 975. The highest BCUT2D eigenvalue weighted by atomic mass is 19.1. The van der Waals surface area contributed by atoms with Crippen molar-refractivity contribution >= 4 is 11.8 Å². The topological polar surface area (TPSA) is 49.4 Å². The van der Waals surface area contributed by atoms with Crippen molar-refractivity contribution in [3.63, 3.8) is 0 Å². The molecule has 0 bridgehead atoms. The Labute approximate surface area is 182 Å². The van der Waals surface area contributed by atoms with E-state index >= 15 is 0 Å². The van der Waals surface area contributed by atoms with Crippen molar-refractivity contribution in [3.8, 4) is 0 Å². The molecule has 3 rings (SSSR count). The molecule has 160 valence electrons. The zero-order valence-electron chi connectivity index (χ0n) is 17.6. The predicted octanol–water partition coefficient (Wildman–Crippen LogP) is 4.66. The third-order valence-corrected chi connectivity index (χ3v) is 5.12. The van der Waals surface area contributed by atoms with Crippen LogP contribution in [0.15, 0.2) is 84.9 Å². The van der Waals surface area contributed by atoms with Gasteiger partial charge < -0.3 is 10.2 Å². The summed E-state index contributed by atoms with van der Waals surface area (Å²) in [5.74, 6) is -0.710. The van der Waals surface area contributed by atoms with E-state index in [-0.39, 0.29) is 30.6 Å². The molecule has 1 atom stereocenters. The molecule has 0 heterocycles. The van der Waals surface area contributed by atoms with Gasteiger partial charge in [-0.1, -0.05) is 79.7 Å². The highest BCUT2D eigenvalue weighted by molar-refractivity contribution is 5.88. The summed E-state index contributed by atoms with van der Waals surface area (Å²) in [5.41, 5.74) is 2.64. The second-order valence-electron chi connectivity index (χ2n) is 7.34. The normalized spacial score (nSPS) is 11.5. The van der Waals surface area contributed by atoms with E-state index in [1.807, 2.05) is 60.7 Å². The van der Waals surface area contributed by atoms with Crippen LogP contribution in [-0.4, -0.2) is 23.3 Å². The number of nitrogens with zero attached hydrogens (tertiary/aromatic N) is 1. The molecule has 0 radical (unpaired) electrons. The summed E-state index contributed by atoms with van der Waals surface area (Å²) in [4.78, 5) is 27.7. The van der Waals surface area contributed by atoms with E-state index in [1.54, 1.807) is 24.0 Å². The zero-order valence-corrected chi connectivity index (χ0v) is 17.6. The largest absolute Gasteiger partial charge is 0.354 e. The van der Waals surface area contributed by atoms with Gasteiger partial charge in [-0.05, 0) is 35.2 Å². The van der Waals surface area contributed by atoms with Crippen LogP contribution in [0.4, 0.5) is 4.39 Å². The number of amides is 2. The first kappa shape index (κ1) is 22.2. The molecule has 3 aromatic rings. The minimum Gasteiger partial charge on any atom is -0.354 e. The number of benzene rings is 3. The van der Waals surface area contributed by atoms with Gasteiger partial charge in [-0.3, -0.25) is 9.59 Å². The first-order valence-corrected chi connectivity index (χ1v) is 10.5. The summed E-state index contributed by atoms with van der Waals surface area (Å²) in [6.45, 7) is 2.46. The van der Waals surface area contributed by atoms with E-state index in [0.717, 1.165) is 16.7 Å². The van der Waals surface area contributed by atoms with Gasteiger partial charge in [-0.15, -0.1) is 0 Å². The molecule has 0 aliphatic carbocycles. The number of carbonyl (C=O) groups is 2. The first-order valence-electron chi connectivity index (χ1n) is 10.5. The van der Waals surface area contributed by atoms with Crippen LogP contribution in [-0.2, 0) is 22.6 Å². The number of halogens is 1. The molecule has 0 fully saturated rings. The van der Waals surface area contributed by atoms with Gasteiger partial charge in [-0.2, -0.15) is 0 Å². The fraction of sp³-hybridized carbons (Fsp3) is 0.231. The molecule has 0 saturated carbocycles. The van der Waals surface area contributed by atoms with Crippen molar-refractivity contribution < 1.29 is 14.0 Å². The number of nitrogens with one attached hydrogen (secondary N) is 1. The van der Waals surface area contributed by atoms with Crippen LogP contribution in [0.2, 0.25) is 0 Å². The van der Waals surface area contributed by atoms with E-state index < -0.39 is 6.04 Å². The van der Waals surface area contributed by atoms with Crippen molar-refractivity contribution in [1.82, 2.24) is 10.2 Å². The Morgan fingerprint density at radius 1 is 0.871 bits per heavy atom. The Kier molecular flexibility index (Phi) is 7.93. The number of carbonyl (C=O) groups excluding carboxylic acids is 2. The van der Waals surface area contributed by atoms with Crippen LogP contribution in [0.1, 0.15) is 36.1 Å². The summed E-state index contributed by atoms with van der Waals surface area (Å²) >= 11 is 0. The maximum atomic E-state index is 13.3. The summed E-state index contributed by atoms with van der Waals surface area (Å²) in [5, 5.41) is 2.99. The molecule has 2 amide bonds. The summed E-state index contributed by atoms with van der Waals surface area (Å²) in [6.07, 6.45) is 0.968. The standard InChI is InChI=1S/C26H27FN2O2/c1-2-24(30)29(19-21-13-15-23(27)16-14-21)25(22-11-7-4-8-12-22)26(31)28-18-17-20-9-5-3-6-10-20/h3-16,25H,2,17-19H2,1H3,(H,28,31)/t25-/m0/s1. The molecule has 0 spiro atoms. The summed E-state index contributed by atoms with van der Waals surface area (Å²) in [6, 6.07) is 24.4. The first-order chi connectivity index (χ1) is 15.1. The molecule has 4 nitrogen and oxygen atoms in total. The predicted molar refractivity (Wildman–Crippen MR) is 120 cm³/mol. The maximum absolute atomic E-state index is 13.3. The van der Waals surface area contributed by atoms with E-state index in [9.17, 15) is 14.0 Å². The lowest BCUT2D eigenvalue weighted by atomic mass is 10.0. The van der Waals surface area contributed by atoms with E-state index in [1.165, 1.54) is 12.1 Å². The molecule has 0 aliphatic heterocycles. The van der Waals surface area contributed by atoms with E-state index in [2.05, 4.69) is 5.32 Å². The van der Waals surface area contributed by atoms with Gasteiger partial charge in [0.2, 0.25) is 11.8 Å². The van der Waals surface area contributed by atoms with Crippen LogP contribution in [0.5, 0.6) is 0 Å². The van der Waals surface area contributed by atoms with Crippen LogP contribution < -0.4 is 5.32 Å². The molecule has 3 aromatic carbocycles. The second kappa shape index (κ2) is 11.1. The third kappa shape index (κ3) is 6.25. The lowest BCUT2D eigenvalue weighted by Crippen LogP contribution is -2.43. The Balaban J connectivity index is 1.83. The monoisotopic (exact) mass is 418 g/mol. The molecule has 31 heavy (non-hydrogen) atoms. The van der Waals surface area contributed by atoms with E-state index in [0.29, 0.717) is 13.0 Å². The van der Waals surface area contributed by atoms with Gasteiger partial charge >= 0.3 is 0 Å². The smallest absolute Gasteiger partial charge is 0.247 e. The summed E-state index contributed by atoms with van der Waals surface area (Å²) in [7, 11) is 0. The lowest BCUT2D eigenvalue weighted by Gasteiger charge is -2.31. The van der Waals surface area contributed by atoms with Crippen molar-refractivity contribution in [2.75, 3.05) is 6.54 Å². The molecule has 1 N–H and O–H groups in total. The minimum atomic E-state index is -0.769. The van der Waals surface area contributed by atoms with Gasteiger partial charge in [0.05, 0.1) is 0 Å². The average molecular weight is 419 g/mol. The van der Waals surface area contributed by atoms with E-state index in [4.69, 9.17) is 0 Å². The fourth-order valence-electron chi connectivity index (χ4n) is 3.49. The Morgan fingerprint density at radius 2 is 1.48 bits per heavy atom. The van der Waals surface area contributed by atoms with Crippen LogP contribution in [0.25, 0.3) is 0 Å². The highest BCUT2D eigenvalue weighted by Gasteiger charge is 2.30. The van der Waals surface area contributed by atoms with Crippen LogP contribution >= 0.6 is 0 Å². The Morgan fingerprint density at radius 3 is 2.10 bits per heavy atom. The minimum absolute atomic E-state index is 0.142. The molecular weight excluding hydrogens is 391 g/mol. The SMILES string of the molecule is CCC(=O)N(Cc1ccc(F)cc1)[C@H](C(=O)NCCc1ccccc1)c1ccccc1. The second-order valence-corrected chi connectivity index (χ2v) is 7.34. The highest BCUT2D eigenvalue weighted by Crippen LogP contribution is 2.24. The molecule has 5 heteroatoms. The van der Waals surface area contributed by atoms with Crippen molar-refractivity contribution in [2.45, 2.75) is 32.4 Å². The van der Waals surface area contributed by atoms with Gasteiger partial charge in [0.1, 0.15) is 11.9 Å². The fourth-order valence-corrected chi connectivity index (χ4v) is 3.49. The van der Waals surface area contributed by atoms with Crippen LogP contribution in [0, 0.1) is 5.82 Å². The number of rotatable bonds is 9. The van der Waals surface area contributed by atoms with Crippen LogP contribution in [0.3, 0.4) is 0 Å². The van der Waals surface area contributed by atoms with Gasteiger partial charge in [-0.25, -0.2) is 4.39 Å². The molecule has 0 aromatic heterocycles. The molecular formula is C26H27FN2O2. The number of hydrogen-bond acceptors (Lipinski definition) is 2. The van der Waals surface area contributed by atoms with Gasteiger partial charge in [0.15, 0.2) is 0 Å². The van der Waals surface area contributed by atoms with Gasteiger partial charge in [0.25, 0.3) is 0 Å². The van der Waals surface area contributed by atoms with Crippen molar-refractivity contribution in [3.05, 3.63) is 107 Å². The molecule has 0 unspecified atom stereocenters. The maximum Gasteiger partial charge on any atom is 0.247 e. The summed E-state index contributed by atoms with van der Waals surface area (Å²) < 4.78 is 13.3. The quantitative estimate of drug-likeness (QED) is 0.549. The molecule has 0 aliphatic rings.